The highest BCUT2D eigenvalue weighted by Gasteiger charge is 2.38. The van der Waals surface area contributed by atoms with Gasteiger partial charge in [0.25, 0.3) is 0 Å². The van der Waals surface area contributed by atoms with Crippen molar-refractivity contribution in [1.82, 2.24) is 4.90 Å². The molecule has 2 aliphatic rings. The fraction of sp³-hybridized carbons (Fsp3) is 0.867. The molecule has 1 unspecified atom stereocenters. The average Bonchev–Trinajstić information content (AvgIpc) is 2.97. The molecular weight excluding hydrogens is 258 g/mol. The molecule has 1 aliphatic carbocycles. The van der Waals surface area contributed by atoms with Gasteiger partial charge in [-0.3, -0.25) is 9.59 Å². The molecular formula is C15H25NO4. The first-order chi connectivity index (χ1) is 9.63. The number of hydrogen-bond acceptors (Lipinski definition) is 3. The number of carboxylic acid groups (broad SMARTS) is 1. The second-order valence-electron chi connectivity index (χ2n) is 5.85. The van der Waals surface area contributed by atoms with Crippen LogP contribution in [0, 0.1) is 11.8 Å². The van der Waals surface area contributed by atoms with E-state index in [9.17, 15) is 14.7 Å². The summed E-state index contributed by atoms with van der Waals surface area (Å²) >= 11 is 0. The van der Waals surface area contributed by atoms with Crippen LogP contribution in [0.3, 0.4) is 0 Å². The Hall–Kier alpha value is -1.10. The molecule has 2 rings (SSSR count). The zero-order valence-electron chi connectivity index (χ0n) is 12.2. The van der Waals surface area contributed by atoms with E-state index in [0.717, 1.165) is 32.3 Å². The minimum absolute atomic E-state index is 0.00935. The maximum atomic E-state index is 12.6. The van der Waals surface area contributed by atoms with Gasteiger partial charge in [0.2, 0.25) is 5.91 Å². The second-order valence-corrected chi connectivity index (χ2v) is 5.85. The maximum absolute atomic E-state index is 12.6. The molecule has 5 heteroatoms. The lowest BCUT2D eigenvalue weighted by Crippen LogP contribution is -2.45. The molecule has 0 aromatic heterocycles. The van der Waals surface area contributed by atoms with E-state index >= 15 is 0 Å². The van der Waals surface area contributed by atoms with E-state index in [1.807, 2.05) is 6.92 Å². The number of nitrogens with zero attached hydrogens (tertiary/aromatic N) is 1. The molecule has 1 heterocycles. The lowest BCUT2D eigenvalue weighted by atomic mass is 9.78. The molecule has 0 aromatic carbocycles. The van der Waals surface area contributed by atoms with E-state index in [0.29, 0.717) is 25.9 Å². The molecule has 0 bridgehead atoms. The van der Waals surface area contributed by atoms with Crippen LogP contribution in [0.4, 0.5) is 0 Å². The van der Waals surface area contributed by atoms with Crippen LogP contribution in [-0.4, -0.2) is 47.7 Å². The maximum Gasteiger partial charge on any atom is 0.307 e. The van der Waals surface area contributed by atoms with Crippen LogP contribution in [0.1, 0.15) is 45.4 Å². The monoisotopic (exact) mass is 283 g/mol. The highest BCUT2D eigenvalue weighted by Crippen LogP contribution is 2.32. The van der Waals surface area contributed by atoms with Crippen molar-refractivity contribution in [2.75, 3.05) is 19.7 Å². The van der Waals surface area contributed by atoms with Crippen LogP contribution in [-0.2, 0) is 14.3 Å². The van der Waals surface area contributed by atoms with Gasteiger partial charge in [0.1, 0.15) is 0 Å². The van der Waals surface area contributed by atoms with Crippen LogP contribution in [0.15, 0.2) is 0 Å². The van der Waals surface area contributed by atoms with Crippen molar-refractivity contribution >= 4 is 11.9 Å². The Morgan fingerprint density at radius 3 is 2.40 bits per heavy atom. The van der Waals surface area contributed by atoms with Crippen molar-refractivity contribution in [2.45, 2.75) is 51.6 Å². The summed E-state index contributed by atoms with van der Waals surface area (Å²) in [6.07, 6.45) is 5.39. The summed E-state index contributed by atoms with van der Waals surface area (Å²) in [4.78, 5) is 25.8. The minimum Gasteiger partial charge on any atom is -0.481 e. The predicted molar refractivity (Wildman–Crippen MR) is 74.3 cm³/mol. The van der Waals surface area contributed by atoms with Crippen LogP contribution >= 0.6 is 0 Å². The van der Waals surface area contributed by atoms with Gasteiger partial charge < -0.3 is 14.7 Å². The summed E-state index contributed by atoms with van der Waals surface area (Å²) in [5.41, 5.74) is 0. The first-order valence-corrected chi connectivity index (χ1v) is 7.76. The number of carbonyl (C=O) groups is 2. The highest BCUT2D eigenvalue weighted by molar-refractivity contribution is 5.85. The van der Waals surface area contributed by atoms with E-state index < -0.39 is 11.9 Å². The third-order valence-electron chi connectivity index (χ3n) is 4.54. The Kier molecular flexibility index (Phi) is 5.40. The van der Waals surface area contributed by atoms with Crippen molar-refractivity contribution in [3.63, 3.8) is 0 Å². The Balaban J connectivity index is 1.99. The summed E-state index contributed by atoms with van der Waals surface area (Å²) in [5.74, 6) is -1.66. The van der Waals surface area contributed by atoms with E-state index in [2.05, 4.69) is 0 Å². The van der Waals surface area contributed by atoms with Crippen LogP contribution in [0.25, 0.3) is 0 Å². The smallest absolute Gasteiger partial charge is 0.307 e. The van der Waals surface area contributed by atoms with Gasteiger partial charge in [-0.1, -0.05) is 12.8 Å². The van der Waals surface area contributed by atoms with Crippen molar-refractivity contribution in [1.29, 1.82) is 0 Å². The van der Waals surface area contributed by atoms with Crippen LogP contribution in [0.5, 0.6) is 0 Å². The summed E-state index contributed by atoms with van der Waals surface area (Å²) in [5, 5.41) is 9.30. The lowest BCUT2D eigenvalue weighted by Gasteiger charge is -2.33. The molecule has 1 saturated carbocycles. The quantitative estimate of drug-likeness (QED) is 0.837. The number of carboxylic acids is 1. The van der Waals surface area contributed by atoms with Gasteiger partial charge in [-0.05, 0) is 32.6 Å². The Morgan fingerprint density at radius 1 is 1.15 bits per heavy atom. The standard InChI is InChI=1S/C15H25NO4/c1-2-16(10-11-6-5-9-20-11)14(17)12-7-3-4-8-13(12)15(18)19/h11-13H,2-10H2,1H3,(H,18,19)/t11?,12-,13+/m1/s1. The van der Waals surface area contributed by atoms with Gasteiger partial charge in [-0.15, -0.1) is 0 Å². The third kappa shape index (κ3) is 3.51. The molecule has 1 amide bonds. The number of hydrogen-bond donors (Lipinski definition) is 1. The number of ether oxygens (including phenoxy) is 1. The molecule has 1 saturated heterocycles. The molecule has 3 atom stereocenters. The van der Waals surface area contributed by atoms with E-state index in [4.69, 9.17) is 4.74 Å². The first-order valence-electron chi connectivity index (χ1n) is 7.76. The fourth-order valence-corrected chi connectivity index (χ4v) is 3.37. The van der Waals surface area contributed by atoms with Gasteiger partial charge in [0.05, 0.1) is 17.9 Å². The molecule has 0 aromatic rings. The van der Waals surface area contributed by atoms with Crippen molar-refractivity contribution in [2.24, 2.45) is 11.8 Å². The molecule has 0 spiro atoms. The molecule has 2 fully saturated rings. The highest BCUT2D eigenvalue weighted by atomic mass is 16.5. The Bertz CT molecular complexity index is 352. The summed E-state index contributed by atoms with van der Waals surface area (Å²) in [6.45, 7) is 3.96. The van der Waals surface area contributed by atoms with Crippen molar-refractivity contribution in [3.05, 3.63) is 0 Å². The molecule has 114 valence electrons. The van der Waals surface area contributed by atoms with Gasteiger partial charge in [0, 0.05) is 19.7 Å². The molecule has 1 N–H and O–H groups in total. The van der Waals surface area contributed by atoms with E-state index in [1.165, 1.54) is 0 Å². The van der Waals surface area contributed by atoms with Crippen molar-refractivity contribution < 1.29 is 19.4 Å². The van der Waals surface area contributed by atoms with Gasteiger partial charge in [0.15, 0.2) is 0 Å². The second kappa shape index (κ2) is 7.07. The fourth-order valence-electron chi connectivity index (χ4n) is 3.37. The Labute approximate surface area is 120 Å². The topological polar surface area (TPSA) is 66.8 Å². The van der Waals surface area contributed by atoms with Gasteiger partial charge in [-0.25, -0.2) is 0 Å². The third-order valence-corrected chi connectivity index (χ3v) is 4.54. The summed E-state index contributed by atoms with van der Waals surface area (Å²) < 4.78 is 5.59. The number of likely N-dealkylation sites (N-methyl/N-ethyl adjacent to an activating group) is 1. The number of amides is 1. The summed E-state index contributed by atoms with van der Waals surface area (Å²) in [7, 11) is 0. The molecule has 20 heavy (non-hydrogen) atoms. The van der Waals surface area contributed by atoms with Crippen molar-refractivity contribution in [3.8, 4) is 0 Å². The SMILES string of the molecule is CCN(CC1CCCO1)C(=O)[C@@H]1CCCC[C@@H]1C(=O)O. The predicted octanol–water partition coefficient (Wildman–Crippen LogP) is 1.90. The zero-order chi connectivity index (χ0) is 14.5. The largest absolute Gasteiger partial charge is 0.481 e. The summed E-state index contributed by atoms with van der Waals surface area (Å²) in [6, 6.07) is 0. The molecule has 0 radical (unpaired) electrons. The van der Waals surface area contributed by atoms with Crippen LogP contribution in [0.2, 0.25) is 0 Å². The molecule has 5 nitrogen and oxygen atoms in total. The number of aliphatic carboxylic acids is 1. The number of carbonyl (C=O) groups excluding carboxylic acids is 1. The van der Waals surface area contributed by atoms with E-state index in [-0.39, 0.29) is 17.9 Å². The first kappa shape index (κ1) is 15.3. The van der Waals surface area contributed by atoms with Gasteiger partial charge >= 0.3 is 5.97 Å². The normalized spacial score (nSPS) is 30.1. The average molecular weight is 283 g/mol. The Morgan fingerprint density at radius 2 is 1.85 bits per heavy atom. The minimum atomic E-state index is -0.823. The molecule has 1 aliphatic heterocycles. The van der Waals surface area contributed by atoms with E-state index in [1.54, 1.807) is 4.90 Å². The lowest BCUT2D eigenvalue weighted by molar-refractivity contribution is -0.152. The van der Waals surface area contributed by atoms with Gasteiger partial charge in [-0.2, -0.15) is 0 Å². The van der Waals surface area contributed by atoms with Crippen LogP contribution < -0.4 is 0 Å². The zero-order valence-corrected chi connectivity index (χ0v) is 12.2. The number of rotatable bonds is 5.